The molecule has 0 saturated carbocycles. The Hall–Kier alpha value is -2.16. The van der Waals surface area contributed by atoms with Crippen LogP contribution in [0, 0.1) is 0 Å². The number of carbonyl (C=O) groups is 2. The molecular weight excluding hydrogens is 238 g/mol. The van der Waals surface area contributed by atoms with Gasteiger partial charge in [-0.2, -0.15) is 0 Å². The highest BCUT2D eigenvalue weighted by Gasteiger charge is 2.35. The van der Waals surface area contributed by atoms with E-state index in [0.717, 1.165) is 23.6 Å². The Kier molecular flexibility index (Phi) is 2.82. The van der Waals surface area contributed by atoms with Crippen LogP contribution in [0.3, 0.4) is 0 Å². The maximum Gasteiger partial charge on any atom is 0.261 e. The van der Waals surface area contributed by atoms with E-state index in [-0.39, 0.29) is 11.8 Å². The summed E-state index contributed by atoms with van der Waals surface area (Å²) < 4.78 is 0. The van der Waals surface area contributed by atoms with Gasteiger partial charge in [0, 0.05) is 6.54 Å². The summed E-state index contributed by atoms with van der Waals surface area (Å²) in [6.45, 7) is 2.56. The maximum absolute atomic E-state index is 12.3. The fourth-order valence-electron chi connectivity index (χ4n) is 2.50. The summed E-state index contributed by atoms with van der Waals surface area (Å²) in [6.07, 6.45) is 1.82. The highest BCUT2D eigenvalue weighted by Crippen LogP contribution is 2.28. The van der Waals surface area contributed by atoms with Gasteiger partial charge < -0.3 is 0 Å². The predicted molar refractivity (Wildman–Crippen MR) is 74.2 cm³/mol. The fraction of sp³-hybridized carbons (Fsp3) is 0.250. The van der Waals surface area contributed by atoms with Crippen molar-refractivity contribution >= 4 is 22.6 Å². The average molecular weight is 253 g/mol. The third-order valence-electron chi connectivity index (χ3n) is 3.57. The number of fused-ring (bicyclic) bond motifs is 2. The smallest absolute Gasteiger partial charge is 0.261 e. The van der Waals surface area contributed by atoms with Crippen LogP contribution in [0.25, 0.3) is 10.8 Å². The summed E-state index contributed by atoms with van der Waals surface area (Å²) in [5, 5.41) is 2.00. The van der Waals surface area contributed by atoms with Crippen LogP contribution in [0.4, 0.5) is 0 Å². The van der Waals surface area contributed by atoms with E-state index in [1.165, 1.54) is 4.90 Å². The first-order valence-corrected chi connectivity index (χ1v) is 6.61. The Labute approximate surface area is 111 Å². The Morgan fingerprint density at radius 2 is 1.47 bits per heavy atom. The third-order valence-corrected chi connectivity index (χ3v) is 3.57. The summed E-state index contributed by atoms with van der Waals surface area (Å²) in [5.41, 5.74) is 1.08. The molecule has 0 fully saturated rings. The lowest BCUT2D eigenvalue weighted by Gasteiger charge is -2.12. The van der Waals surface area contributed by atoms with Gasteiger partial charge in [-0.1, -0.05) is 37.6 Å². The van der Waals surface area contributed by atoms with Gasteiger partial charge in [0.1, 0.15) is 0 Å². The van der Waals surface area contributed by atoms with Gasteiger partial charge in [0.15, 0.2) is 0 Å². The van der Waals surface area contributed by atoms with Crippen molar-refractivity contribution < 1.29 is 9.59 Å². The molecule has 2 aromatic rings. The molecule has 0 aliphatic carbocycles. The minimum Gasteiger partial charge on any atom is -0.274 e. The zero-order chi connectivity index (χ0) is 13.4. The molecule has 1 aliphatic heterocycles. The van der Waals surface area contributed by atoms with Crippen LogP contribution in [-0.4, -0.2) is 23.3 Å². The van der Waals surface area contributed by atoms with Gasteiger partial charge in [-0.05, 0) is 29.3 Å². The molecule has 0 unspecified atom stereocenters. The monoisotopic (exact) mass is 253 g/mol. The molecule has 0 radical (unpaired) electrons. The lowest BCUT2D eigenvalue weighted by molar-refractivity contribution is 0.0652. The molecule has 0 atom stereocenters. The number of amides is 2. The maximum atomic E-state index is 12.3. The Morgan fingerprint density at radius 1 is 0.947 bits per heavy atom. The average Bonchev–Trinajstić information content (AvgIpc) is 2.67. The molecule has 2 amide bonds. The van der Waals surface area contributed by atoms with Crippen LogP contribution in [-0.2, 0) is 0 Å². The minimum atomic E-state index is -0.154. The van der Waals surface area contributed by atoms with Gasteiger partial charge in [0.05, 0.1) is 11.1 Å². The van der Waals surface area contributed by atoms with E-state index in [1.807, 2.05) is 43.3 Å². The van der Waals surface area contributed by atoms with Crippen molar-refractivity contribution in [2.45, 2.75) is 19.8 Å². The number of hydrogen-bond donors (Lipinski definition) is 0. The molecule has 0 bridgehead atoms. The number of imide groups is 1. The van der Waals surface area contributed by atoms with Gasteiger partial charge in [0.2, 0.25) is 0 Å². The molecule has 3 rings (SSSR count). The lowest BCUT2D eigenvalue weighted by atomic mass is 10.0. The van der Waals surface area contributed by atoms with Crippen LogP contribution in [0.1, 0.15) is 40.5 Å². The zero-order valence-corrected chi connectivity index (χ0v) is 10.8. The number of carbonyl (C=O) groups excluding carboxylic acids is 2. The molecule has 3 heteroatoms. The Balaban J connectivity index is 2.08. The second-order valence-corrected chi connectivity index (χ2v) is 4.86. The van der Waals surface area contributed by atoms with Crippen LogP contribution in [0.5, 0.6) is 0 Å². The van der Waals surface area contributed by atoms with Gasteiger partial charge in [-0.15, -0.1) is 0 Å². The summed E-state index contributed by atoms with van der Waals surface area (Å²) >= 11 is 0. The van der Waals surface area contributed by atoms with Crippen molar-refractivity contribution in [1.82, 2.24) is 4.90 Å². The molecule has 0 spiro atoms. The minimum absolute atomic E-state index is 0.154. The summed E-state index contributed by atoms with van der Waals surface area (Å²) in [6, 6.07) is 11.5. The molecule has 3 nitrogen and oxygen atoms in total. The molecule has 96 valence electrons. The van der Waals surface area contributed by atoms with Gasteiger partial charge >= 0.3 is 0 Å². The third kappa shape index (κ3) is 1.82. The van der Waals surface area contributed by atoms with Crippen LogP contribution in [0.15, 0.2) is 36.4 Å². The largest absolute Gasteiger partial charge is 0.274 e. The van der Waals surface area contributed by atoms with Crippen molar-refractivity contribution in [1.29, 1.82) is 0 Å². The molecule has 19 heavy (non-hydrogen) atoms. The van der Waals surface area contributed by atoms with Gasteiger partial charge in [-0.3, -0.25) is 14.5 Å². The second-order valence-electron chi connectivity index (χ2n) is 4.86. The van der Waals surface area contributed by atoms with E-state index in [1.54, 1.807) is 0 Å². The quantitative estimate of drug-likeness (QED) is 0.787. The van der Waals surface area contributed by atoms with E-state index in [0.29, 0.717) is 17.7 Å². The van der Waals surface area contributed by atoms with E-state index in [9.17, 15) is 9.59 Å². The first-order valence-electron chi connectivity index (χ1n) is 6.61. The predicted octanol–water partition coefficient (Wildman–Crippen LogP) is 3.24. The summed E-state index contributed by atoms with van der Waals surface area (Å²) in [7, 11) is 0. The number of rotatable bonds is 3. The Morgan fingerprint density at radius 3 is 1.95 bits per heavy atom. The summed E-state index contributed by atoms with van der Waals surface area (Å²) in [5.74, 6) is -0.307. The molecule has 0 aromatic heterocycles. The van der Waals surface area contributed by atoms with E-state index >= 15 is 0 Å². The first-order chi connectivity index (χ1) is 9.22. The fourth-order valence-corrected chi connectivity index (χ4v) is 2.50. The van der Waals surface area contributed by atoms with Gasteiger partial charge in [0.25, 0.3) is 11.8 Å². The summed E-state index contributed by atoms with van der Waals surface area (Å²) in [4.78, 5) is 25.9. The van der Waals surface area contributed by atoms with Crippen LogP contribution >= 0.6 is 0 Å². The molecule has 0 saturated heterocycles. The van der Waals surface area contributed by atoms with Crippen molar-refractivity contribution in [3.8, 4) is 0 Å². The Bertz CT molecular complexity index is 621. The van der Waals surface area contributed by atoms with Crippen LogP contribution < -0.4 is 0 Å². The first kappa shape index (κ1) is 11.9. The zero-order valence-electron chi connectivity index (χ0n) is 10.8. The molecule has 1 heterocycles. The number of unbranched alkanes of at least 4 members (excludes halogenated alkanes) is 1. The second kappa shape index (κ2) is 4.50. The van der Waals surface area contributed by atoms with E-state index in [4.69, 9.17) is 0 Å². The van der Waals surface area contributed by atoms with Crippen molar-refractivity contribution in [3.05, 3.63) is 47.5 Å². The molecule has 0 N–H and O–H groups in total. The van der Waals surface area contributed by atoms with Crippen molar-refractivity contribution in [2.75, 3.05) is 6.54 Å². The topological polar surface area (TPSA) is 37.4 Å². The molecular formula is C16H15NO2. The molecule has 2 aromatic carbocycles. The SMILES string of the molecule is CCCCN1C(=O)c2cc3ccccc3cc2C1=O. The van der Waals surface area contributed by atoms with Gasteiger partial charge in [-0.25, -0.2) is 0 Å². The van der Waals surface area contributed by atoms with Crippen LogP contribution in [0.2, 0.25) is 0 Å². The van der Waals surface area contributed by atoms with E-state index in [2.05, 4.69) is 0 Å². The lowest BCUT2D eigenvalue weighted by Crippen LogP contribution is -2.30. The highest BCUT2D eigenvalue weighted by atomic mass is 16.2. The normalized spacial score (nSPS) is 14.3. The highest BCUT2D eigenvalue weighted by molar-refractivity contribution is 6.23. The van der Waals surface area contributed by atoms with Crippen molar-refractivity contribution in [3.63, 3.8) is 0 Å². The molecule has 1 aliphatic rings. The number of hydrogen-bond acceptors (Lipinski definition) is 2. The standard InChI is InChI=1S/C16H15NO2/c1-2-3-8-17-15(18)13-9-11-6-4-5-7-12(11)10-14(13)16(17)19/h4-7,9-10H,2-3,8H2,1H3. The number of benzene rings is 2. The van der Waals surface area contributed by atoms with E-state index < -0.39 is 0 Å². The van der Waals surface area contributed by atoms with Crippen molar-refractivity contribution in [2.24, 2.45) is 0 Å². The number of nitrogens with zero attached hydrogens (tertiary/aromatic N) is 1.